The van der Waals surface area contributed by atoms with Gasteiger partial charge in [0.2, 0.25) is 0 Å². The number of allylic oxidation sites excluding steroid dienone is 2. The molecular formula is C26H17Cl7N2O4. The standard InChI is InChI=1S/C26H17Cl7N2O4/c1-2-15(18(36)12-6-4-3-5-7-12)34(21(37)13-8-10-14(27)11-9-13)35-22(38)16-17(23(35)39)25(31)20(29)19(28)24(16,30)26(25,32)33/h3-11,15-17H,2H2,1H3/t15-,16+,17+,24-,25-/m1/s1. The molecule has 1 aliphatic heterocycles. The second-order valence-corrected chi connectivity index (χ2v) is 13.1. The van der Waals surface area contributed by atoms with Crippen molar-refractivity contribution in [3.63, 3.8) is 0 Å². The zero-order valence-corrected chi connectivity index (χ0v) is 25.1. The number of carbonyl (C=O) groups excluding carboxylic acids is 4. The Morgan fingerprint density at radius 2 is 1.31 bits per heavy atom. The van der Waals surface area contributed by atoms with Crippen molar-refractivity contribution in [1.82, 2.24) is 10.0 Å². The van der Waals surface area contributed by atoms with Gasteiger partial charge in [0.05, 0.1) is 21.9 Å². The van der Waals surface area contributed by atoms with E-state index in [0.29, 0.717) is 10.0 Å². The number of amides is 3. The second-order valence-electron chi connectivity index (χ2n) is 9.38. The Hall–Kier alpha value is -1.51. The highest BCUT2D eigenvalue weighted by atomic mass is 35.5. The number of alkyl halides is 4. The number of imide groups is 1. The maximum atomic E-state index is 14.1. The first kappa shape index (κ1) is 29.0. The molecule has 1 saturated carbocycles. The molecule has 0 spiro atoms. The zero-order chi connectivity index (χ0) is 28.7. The van der Waals surface area contributed by atoms with Gasteiger partial charge in [-0.15, -0.1) is 23.2 Å². The minimum atomic E-state index is -2.14. The van der Waals surface area contributed by atoms with Crippen LogP contribution in [-0.4, -0.2) is 53.6 Å². The van der Waals surface area contributed by atoms with Crippen LogP contribution in [-0.2, 0) is 9.59 Å². The van der Waals surface area contributed by atoms with Crippen LogP contribution in [0.2, 0.25) is 5.02 Å². The van der Waals surface area contributed by atoms with Crippen molar-refractivity contribution in [1.29, 1.82) is 0 Å². The van der Waals surface area contributed by atoms with Crippen molar-refractivity contribution >= 4 is 105 Å². The normalized spacial score (nSPS) is 29.6. The zero-order valence-electron chi connectivity index (χ0n) is 19.8. The first-order chi connectivity index (χ1) is 18.3. The molecule has 1 saturated heterocycles. The lowest BCUT2D eigenvalue weighted by atomic mass is 9.84. The van der Waals surface area contributed by atoms with Gasteiger partial charge in [-0.25, -0.2) is 5.01 Å². The minimum Gasteiger partial charge on any atom is -0.292 e. The van der Waals surface area contributed by atoms with E-state index in [2.05, 4.69) is 0 Å². The Balaban J connectivity index is 1.66. The van der Waals surface area contributed by atoms with Gasteiger partial charge in [0.25, 0.3) is 17.7 Å². The predicted molar refractivity (Wildman–Crippen MR) is 152 cm³/mol. The summed E-state index contributed by atoms with van der Waals surface area (Å²) in [4.78, 5) is 51.7. The summed E-state index contributed by atoms with van der Waals surface area (Å²) in [6.45, 7) is 1.65. The molecule has 2 aromatic rings. The van der Waals surface area contributed by atoms with Crippen LogP contribution in [0.3, 0.4) is 0 Å². The van der Waals surface area contributed by atoms with Gasteiger partial charge in [0.15, 0.2) is 10.1 Å². The average molecular weight is 670 g/mol. The number of hydrogen-bond donors (Lipinski definition) is 0. The molecule has 0 N–H and O–H groups in total. The van der Waals surface area contributed by atoms with Crippen molar-refractivity contribution in [3.05, 3.63) is 80.8 Å². The van der Waals surface area contributed by atoms with Crippen molar-refractivity contribution in [2.45, 2.75) is 33.5 Å². The highest BCUT2D eigenvalue weighted by Crippen LogP contribution is 2.77. The van der Waals surface area contributed by atoms with Crippen LogP contribution in [0.1, 0.15) is 34.1 Å². The monoisotopic (exact) mass is 666 g/mol. The van der Waals surface area contributed by atoms with Gasteiger partial charge in [0, 0.05) is 16.1 Å². The molecule has 6 nitrogen and oxygen atoms in total. The summed E-state index contributed by atoms with van der Waals surface area (Å²) < 4.78 is -2.14. The van der Waals surface area contributed by atoms with Gasteiger partial charge >= 0.3 is 0 Å². The summed E-state index contributed by atoms with van der Waals surface area (Å²) in [5, 5.41) is 1.27. The van der Waals surface area contributed by atoms with Crippen LogP contribution >= 0.6 is 81.2 Å². The van der Waals surface area contributed by atoms with Crippen LogP contribution in [0.5, 0.6) is 0 Å². The molecule has 39 heavy (non-hydrogen) atoms. The third kappa shape index (κ3) is 3.69. The second kappa shape index (κ2) is 9.80. The third-order valence-electron chi connectivity index (χ3n) is 7.44. The lowest BCUT2D eigenvalue weighted by Crippen LogP contribution is -2.60. The van der Waals surface area contributed by atoms with Crippen molar-refractivity contribution in [2.75, 3.05) is 0 Å². The van der Waals surface area contributed by atoms with Crippen molar-refractivity contribution in [3.8, 4) is 0 Å². The number of ketones is 1. The van der Waals surface area contributed by atoms with Gasteiger partial charge in [0.1, 0.15) is 15.8 Å². The van der Waals surface area contributed by atoms with Crippen LogP contribution in [0, 0.1) is 11.8 Å². The molecule has 13 heteroatoms. The number of hydrazine groups is 1. The number of nitrogens with zero attached hydrogens (tertiary/aromatic N) is 2. The maximum Gasteiger partial charge on any atom is 0.273 e. The van der Waals surface area contributed by atoms with Gasteiger partial charge in [-0.05, 0) is 30.7 Å². The summed E-state index contributed by atoms with van der Waals surface area (Å²) >= 11 is 45.6. The SMILES string of the molecule is CC[C@H](C(=O)c1ccccc1)N(C(=O)c1ccc(Cl)cc1)N1C(=O)[C@@H]2[C@@H](C1=O)[C@@]1(Cl)C(Cl)=C(Cl)[C@@]2(Cl)C1(Cl)Cl. The topological polar surface area (TPSA) is 74.8 Å². The first-order valence-corrected chi connectivity index (χ1v) is 14.3. The fourth-order valence-corrected chi connectivity index (χ4v) is 8.61. The fraction of sp³-hybridized carbons (Fsp3) is 0.308. The van der Waals surface area contributed by atoms with E-state index in [9.17, 15) is 19.2 Å². The maximum absolute atomic E-state index is 14.1. The van der Waals surface area contributed by atoms with Crippen LogP contribution < -0.4 is 0 Å². The van der Waals surface area contributed by atoms with E-state index >= 15 is 0 Å². The van der Waals surface area contributed by atoms with Gasteiger partial charge in [-0.3, -0.25) is 19.2 Å². The quantitative estimate of drug-likeness (QED) is 0.193. The molecule has 2 aromatic carbocycles. The molecule has 5 atom stereocenters. The first-order valence-electron chi connectivity index (χ1n) is 11.6. The third-order valence-corrected chi connectivity index (χ3v) is 12.0. The number of hydrogen-bond acceptors (Lipinski definition) is 4. The molecule has 3 amide bonds. The number of rotatable bonds is 6. The Labute approximate surface area is 258 Å². The van der Waals surface area contributed by atoms with E-state index in [1.165, 1.54) is 24.3 Å². The average Bonchev–Trinajstić information content (AvgIpc) is 3.30. The summed E-state index contributed by atoms with van der Waals surface area (Å²) in [7, 11) is 0. The molecule has 204 valence electrons. The Morgan fingerprint density at radius 1 is 0.821 bits per heavy atom. The molecule has 0 aromatic heterocycles. The molecular weight excluding hydrogens is 652 g/mol. The van der Waals surface area contributed by atoms with E-state index in [1.54, 1.807) is 37.3 Å². The Kier molecular flexibility index (Phi) is 7.29. The molecule has 2 aliphatic carbocycles. The predicted octanol–water partition coefficient (Wildman–Crippen LogP) is 6.81. The fourth-order valence-electron chi connectivity index (χ4n) is 5.55. The van der Waals surface area contributed by atoms with Crippen LogP contribution in [0.4, 0.5) is 0 Å². The molecule has 2 fully saturated rings. The van der Waals surface area contributed by atoms with Gasteiger partial charge in [-0.1, -0.05) is 95.3 Å². The van der Waals surface area contributed by atoms with E-state index in [4.69, 9.17) is 81.2 Å². The van der Waals surface area contributed by atoms with Gasteiger partial charge < -0.3 is 0 Å². The molecule has 0 radical (unpaired) electrons. The lowest BCUT2D eigenvalue weighted by molar-refractivity contribution is -0.157. The molecule has 3 aliphatic rings. The smallest absolute Gasteiger partial charge is 0.273 e. The Morgan fingerprint density at radius 3 is 1.77 bits per heavy atom. The largest absolute Gasteiger partial charge is 0.292 e. The van der Waals surface area contributed by atoms with E-state index in [0.717, 1.165) is 5.01 Å². The summed E-state index contributed by atoms with van der Waals surface area (Å²) in [6, 6.07) is 12.7. The van der Waals surface area contributed by atoms with E-state index < -0.39 is 55.5 Å². The number of Topliss-reactive ketones (excluding diaryl/α,β-unsaturated/α-hetero) is 1. The van der Waals surface area contributed by atoms with Crippen molar-refractivity contribution < 1.29 is 19.2 Å². The number of benzene rings is 2. The van der Waals surface area contributed by atoms with Crippen LogP contribution in [0.25, 0.3) is 0 Å². The molecule has 1 heterocycles. The number of carbonyl (C=O) groups is 4. The van der Waals surface area contributed by atoms with Gasteiger partial charge in [-0.2, -0.15) is 5.01 Å². The highest BCUT2D eigenvalue weighted by molar-refractivity contribution is 6.66. The Bertz CT molecular complexity index is 1400. The molecule has 5 rings (SSSR count). The number of halogens is 7. The molecule has 0 unspecified atom stereocenters. The molecule has 2 bridgehead atoms. The lowest BCUT2D eigenvalue weighted by Gasteiger charge is -2.39. The summed E-state index contributed by atoms with van der Waals surface area (Å²) in [5.41, 5.74) is 0.340. The minimum absolute atomic E-state index is 0.0478. The number of fused-ring (bicyclic) bond motifs is 5. The summed E-state index contributed by atoms with van der Waals surface area (Å²) in [6.07, 6.45) is 0.0478. The van der Waals surface area contributed by atoms with Crippen LogP contribution in [0.15, 0.2) is 64.7 Å². The van der Waals surface area contributed by atoms with E-state index in [1.807, 2.05) is 0 Å². The van der Waals surface area contributed by atoms with Crippen molar-refractivity contribution in [2.24, 2.45) is 11.8 Å². The highest BCUT2D eigenvalue weighted by Gasteiger charge is 2.88. The summed E-state index contributed by atoms with van der Waals surface area (Å²) in [5.74, 6) is -6.15. The van der Waals surface area contributed by atoms with E-state index in [-0.39, 0.29) is 27.6 Å².